The van der Waals surface area contributed by atoms with Crippen molar-refractivity contribution >= 4 is 41.1 Å². The van der Waals surface area contributed by atoms with E-state index in [1.54, 1.807) is 6.07 Å². The molecule has 206 valence electrons. The van der Waals surface area contributed by atoms with Crippen molar-refractivity contribution in [3.05, 3.63) is 83.0 Å². The van der Waals surface area contributed by atoms with E-state index in [1.807, 2.05) is 74.2 Å². The summed E-state index contributed by atoms with van der Waals surface area (Å²) in [7, 11) is 0. The number of benzene rings is 2. The number of thioether (sulfide) groups is 1. The average Bonchev–Trinajstić information content (AvgIpc) is 2.92. The Kier molecular flexibility index (Phi) is 10.1. The van der Waals surface area contributed by atoms with Crippen molar-refractivity contribution in [2.24, 2.45) is 0 Å². The highest BCUT2D eigenvalue weighted by atomic mass is 35.5. The molecule has 1 aliphatic heterocycles. The number of aromatic nitrogens is 2. The van der Waals surface area contributed by atoms with Crippen molar-refractivity contribution in [1.29, 1.82) is 0 Å². The van der Waals surface area contributed by atoms with E-state index in [0.29, 0.717) is 42.2 Å². The quantitative estimate of drug-likeness (QED) is 0.216. The Bertz CT molecular complexity index is 1250. The minimum absolute atomic E-state index is 0.00709. The number of carbonyl (C=O) groups excluding carboxylic acids is 2. The van der Waals surface area contributed by atoms with Crippen molar-refractivity contribution in [3.63, 3.8) is 0 Å². The SMILES string of the molecule is CC(C)NC(=O)N1CCN(c2cc(Cl)nc(SCC(=O)NC(Cc3ccccc3)c3ccccc3)n2)CC1C. The minimum atomic E-state index is -0.150. The number of amides is 3. The smallest absolute Gasteiger partial charge is 0.317 e. The van der Waals surface area contributed by atoms with Crippen LogP contribution in [0.15, 0.2) is 71.9 Å². The zero-order chi connectivity index (χ0) is 27.8. The Morgan fingerprint density at radius 3 is 2.38 bits per heavy atom. The van der Waals surface area contributed by atoms with E-state index in [0.717, 1.165) is 11.1 Å². The number of rotatable bonds is 9. The van der Waals surface area contributed by atoms with Crippen LogP contribution in [-0.2, 0) is 11.2 Å². The molecule has 2 heterocycles. The summed E-state index contributed by atoms with van der Waals surface area (Å²) >= 11 is 7.60. The fourth-order valence-corrected chi connectivity index (χ4v) is 5.45. The molecule has 2 atom stereocenters. The lowest BCUT2D eigenvalue weighted by molar-refractivity contribution is -0.119. The predicted molar refractivity (Wildman–Crippen MR) is 157 cm³/mol. The van der Waals surface area contributed by atoms with Gasteiger partial charge in [-0.15, -0.1) is 0 Å². The van der Waals surface area contributed by atoms with Crippen molar-refractivity contribution in [3.8, 4) is 0 Å². The number of nitrogens with one attached hydrogen (secondary N) is 2. The average molecular weight is 567 g/mol. The van der Waals surface area contributed by atoms with Crippen LogP contribution in [0.1, 0.15) is 37.9 Å². The number of carbonyl (C=O) groups is 2. The van der Waals surface area contributed by atoms with E-state index in [4.69, 9.17) is 11.6 Å². The molecule has 0 bridgehead atoms. The van der Waals surface area contributed by atoms with Crippen molar-refractivity contribution < 1.29 is 9.59 Å². The van der Waals surface area contributed by atoms with Gasteiger partial charge in [-0.1, -0.05) is 84.0 Å². The molecule has 2 unspecified atom stereocenters. The summed E-state index contributed by atoms with van der Waals surface area (Å²) in [5.74, 6) is 0.755. The van der Waals surface area contributed by atoms with Crippen LogP contribution in [0.4, 0.5) is 10.6 Å². The number of urea groups is 1. The molecular formula is C29H35ClN6O2S. The van der Waals surface area contributed by atoms with Gasteiger partial charge in [0.25, 0.3) is 0 Å². The number of piperazine rings is 1. The van der Waals surface area contributed by atoms with Gasteiger partial charge in [-0.05, 0) is 38.3 Å². The Labute approximate surface area is 239 Å². The molecule has 3 amide bonds. The van der Waals surface area contributed by atoms with Gasteiger partial charge in [-0.2, -0.15) is 0 Å². The second-order valence-electron chi connectivity index (χ2n) is 9.93. The van der Waals surface area contributed by atoms with Crippen LogP contribution in [0, 0.1) is 0 Å². The van der Waals surface area contributed by atoms with Gasteiger partial charge in [-0.25, -0.2) is 14.8 Å². The summed E-state index contributed by atoms with van der Waals surface area (Å²) in [6, 6.07) is 21.7. The molecule has 8 nitrogen and oxygen atoms in total. The Morgan fingerprint density at radius 2 is 1.72 bits per heavy atom. The number of hydrogen-bond donors (Lipinski definition) is 2. The van der Waals surface area contributed by atoms with E-state index in [1.165, 1.54) is 11.8 Å². The summed E-state index contributed by atoms with van der Waals surface area (Å²) in [5, 5.41) is 6.90. The summed E-state index contributed by atoms with van der Waals surface area (Å²) in [6.45, 7) is 7.76. The van der Waals surface area contributed by atoms with Gasteiger partial charge in [0.05, 0.1) is 11.8 Å². The number of anilines is 1. The van der Waals surface area contributed by atoms with Crippen LogP contribution in [0.5, 0.6) is 0 Å². The fraction of sp³-hybridized carbons (Fsp3) is 0.379. The zero-order valence-corrected chi connectivity index (χ0v) is 24.1. The monoisotopic (exact) mass is 566 g/mol. The number of nitrogens with zero attached hydrogens (tertiary/aromatic N) is 4. The van der Waals surface area contributed by atoms with Crippen LogP contribution in [0.2, 0.25) is 5.15 Å². The lowest BCUT2D eigenvalue weighted by Crippen LogP contribution is -2.57. The van der Waals surface area contributed by atoms with Gasteiger partial charge < -0.3 is 20.4 Å². The molecule has 3 aromatic rings. The summed E-state index contributed by atoms with van der Waals surface area (Å²) in [6.07, 6.45) is 0.693. The van der Waals surface area contributed by atoms with Gasteiger partial charge in [-0.3, -0.25) is 4.79 Å². The second-order valence-corrected chi connectivity index (χ2v) is 11.3. The van der Waals surface area contributed by atoms with Crippen LogP contribution in [-0.4, -0.2) is 64.3 Å². The van der Waals surface area contributed by atoms with Crippen LogP contribution in [0.25, 0.3) is 0 Å². The molecule has 1 saturated heterocycles. The van der Waals surface area contributed by atoms with Crippen molar-refractivity contribution in [2.45, 2.75) is 50.5 Å². The van der Waals surface area contributed by atoms with Crippen LogP contribution < -0.4 is 15.5 Å². The third-order valence-corrected chi connectivity index (χ3v) is 7.48. The third-order valence-electron chi connectivity index (χ3n) is 6.44. The molecule has 2 N–H and O–H groups in total. The highest BCUT2D eigenvalue weighted by Gasteiger charge is 2.29. The largest absolute Gasteiger partial charge is 0.353 e. The first-order valence-electron chi connectivity index (χ1n) is 13.2. The maximum Gasteiger partial charge on any atom is 0.317 e. The van der Waals surface area contributed by atoms with Crippen LogP contribution in [0.3, 0.4) is 0 Å². The molecule has 0 aliphatic carbocycles. The van der Waals surface area contributed by atoms with Gasteiger partial charge in [0.1, 0.15) is 11.0 Å². The molecule has 0 radical (unpaired) electrons. The van der Waals surface area contributed by atoms with E-state index < -0.39 is 0 Å². The highest BCUT2D eigenvalue weighted by Crippen LogP contribution is 2.25. The van der Waals surface area contributed by atoms with Gasteiger partial charge in [0.2, 0.25) is 5.91 Å². The molecule has 1 aliphatic rings. The molecule has 2 aromatic carbocycles. The molecular weight excluding hydrogens is 532 g/mol. The zero-order valence-electron chi connectivity index (χ0n) is 22.5. The van der Waals surface area contributed by atoms with Gasteiger partial charge >= 0.3 is 6.03 Å². The van der Waals surface area contributed by atoms with E-state index in [9.17, 15) is 9.59 Å². The predicted octanol–water partition coefficient (Wildman–Crippen LogP) is 4.95. The first kappa shape index (κ1) is 28.7. The Morgan fingerprint density at radius 1 is 1.03 bits per heavy atom. The fourth-order valence-electron chi connectivity index (χ4n) is 4.56. The van der Waals surface area contributed by atoms with E-state index in [2.05, 4.69) is 37.6 Å². The topological polar surface area (TPSA) is 90.5 Å². The number of halogens is 1. The standard InChI is InChI=1S/C29H35ClN6O2S/c1-20(2)31-29(38)36-15-14-35(18-21(36)3)26-17-25(30)33-28(34-26)39-19-27(37)32-24(23-12-8-5-9-13-23)16-22-10-6-4-7-11-22/h4-13,17,20-21,24H,14-16,18-19H2,1-3H3,(H,31,38)(H,32,37). The van der Waals surface area contributed by atoms with Crippen molar-refractivity contribution in [1.82, 2.24) is 25.5 Å². The summed E-state index contributed by atoms with van der Waals surface area (Å²) in [5.41, 5.74) is 2.20. The summed E-state index contributed by atoms with van der Waals surface area (Å²) < 4.78 is 0. The normalized spacial score (nSPS) is 16.2. The first-order valence-corrected chi connectivity index (χ1v) is 14.5. The summed E-state index contributed by atoms with van der Waals surface area (Å²) in [4.78, 5) is 38.5. The van der Waals surface area contributed by atoms with Crippen molar-refractivity contribution in [2.75, 3.05) is 30.3 Å². The van der Waals surface area contributed by atoms with Crippen LogP contribution >= 0.6 is 23.4 Å². The Hall–Kier alpha value is -3.30. The van der Waals surface area contributed by atoms with Gasteiger partial charge in [0.15, 0.2) is 5.16 Å². The lowest BCUT2D eigenvalue weighted by atomic mass is 9.99. The lowest BCUT2D eigenvalue weighted by Gasteiger charge is -2.40. The minimum Gasteiger partial charge on any atom is -0.353 e. The highest BCUT2D eigenvalue weighted by molar-refractivity contribution is 7.99. The first-order chi connectivity index (χ1) is 18.8. The molecule has 4 rings (SSSR count). The third kappa shape index (κ3) is 8.34. The Balaban J connectivity index is 1.37. The maximum absolute atomic E-state index is 13.0. The van der Waals surface area contributed by atoms with E-state index in [-0.39, 0.29) is 35.8 Å². The molecule has 0 spiro atoms. The molecule has 1 aromatic heterocycles. The molecule has 1 fully saturated rings. The molecule has 0 saturated carbocycles. The molecule has 10 heteroatoms. The van der Waals surface area contributed by atoms with E-state index >= 15 is 0 Å². The second kappa shape index (κ2) is 13.7. The maximum atomic E-state index is 13.0. The number of hydrogen-bond acceptors (Lipinski definition) is 6. The molecule has 39 heavy (non-hydrogen) atoms. The van der Waals surface area contributed by atoms with Gasteiger partial charge in [0, 0.05) is 37.8 Å².